The standard InChI is InChI=1S/C22H17ClF3N5O2/c23-14-10-13(5-6-17(14)30-7-1-2-8-30)27-21(32)16-12-20-28-15(18-4-3-9-33-18)11-19(22(24,25)26)31(20)29-16/h1-10,12,15,19,28H,11H2,(H,27,32)/t15-,19+/m0/s1. The van der Waals surface area contributed by atoms with Gasteiger partial charge in [0.05, 0.1) is 23.0 Å². The van der Waals surface area contributed by atoms with Crippen LogP contribution in [0.5, 0.6) is 0 Å². The normalized spacial score (nSPS) is 17.9. The lowest BCUT2D eigenvalue weighted by Crippen LogP contribution is -2.35. The molecule has 0 aliphatic carbocycles. The SMILES string of the molecule is O=C(Nc1ccc(-n2cccc2)c(Cl)c1)c1cc2n(n1)[C@@H](C(F)(F)F)C[C@@H](c1ccco1)N2. The van der Waals surface area contributed by atoms with Gasteiger partial charge in [0.15, 0.2) is 11.7 Å². The number of amides is 1. The van der Waals surface area contributed by atoms with E-state index in [0.29, 0.717) is 16.5 Å². The Kier molecular flexibility index (Phi) is 5.16. The minimum atomic E-state index is -4.55. The van der Waals surface area contributed by atoms with Gasteiger partial charge in [0.25, 0.3) is 5.91 Å². The van der Waals surface area contributed by atoms with Crippen LogP contribution in [-0.2, 0) is 0 Å². The summed E-state index contributed by atoms with van der Waals surface area (Å²) in [6.45, 7) is 0. The average Bonchev–Trinajstić information content (AvgIpc) is 3.53. The van der Waals surface area contributed by atoms with E-state index >= 15 is 0 Å². The van der Waals surface area contributed by atoms with Gasteiger partial charge in [-0.2, -0.15) is 18.3 Å². The third kappa shape index (κ3) is 4.09. The maximum Gasteiger partial charge on any atom is 0.410 e. The molecule has 2 N–H and O–H groups in total. The first-order valence-electron chi connectivity index (χ1n) is 10.00. The van der Waals surface area contributed by atoms with Gasteiger partial charge in [-0.1, -0.05) is 11.6 Å². The molecule has 7 nitrogen and oxygen atoms in total. The number of carbonyl (C=O) groups is 1. The molecule has 0 saturated heterocycles. The molecule has 4 heterocycles. The quantitative estimate of drug-likeness (QED) is 0.389. The summed E-state index contributed by atoms with van der Waals surface area (Å²) in [5.41, 5.74) is 0.955. The smallest absolute Gasteiger partial charge is 0.410 e. The van der Waals surface area contributed by atoms with Crippen molar-refractivity contribution in [2.45, 2.75) is 24.7 Å². The first-order valence-corrected chi connectivity index (χ1v) is 10.4. The van der Waals surface area contributed by atoms with E-state index in [1.807, 2.05) is 29.1 Å². The topological polar surface area (TPSA) is 77.0 Å². The average molecular weight is 476 g/mol. The van der Waals surface area contributed by atoms with Gasteiger partial charge in [-0.3, -0.25) is 4.79 Å². The Labute approximate surface area is 190 Å². The van der Waals surface area contributed by atoms with Crippen molar-refractivity contribution in [3.63, 3.8) is 0 Å². The number of rotatable bonds is 4. The van der Waals surface area contributed by atoms with E-state index in [9.17, 15) is 18.0 Å². The number of fused-ring (bicyclic) bond motifs is 1. The van der Waals surface area contributed by atoms with Gasteiger partial charge >= 0.3 is 6.18 Å². The van der Waals surface area contributed by atoms with Gasteiger partial charge in [-0.05, 0) is 42.5 Å². The third-order valence-electron chi connectivity index (χ3n) is 5.40. The summed E-state index contributed by atoms with van der Waals surface area (Å²) in [4.78, 5) is 12.8. The number of anilines is 2. The first kappa shape index (κ1) is 21.2. The molecule has 1 aliphatic heterocycles. The molecule has 0 radical (unpaired) electrons. The Morgan fingerprint density at radius 2 is 1.97 bits per heavy atom. The Morgan fingerprint density at radius 1 is 1.18 bits per heavy atom. The highest BCUT2D eigenvalue weighted by Crippen LogP contribution is 2.43. The van der Waals surface area contributed by atoms with Gasteiger partial charge < -0.3 is 19.6 Å². The van der Waals surface area contributed by atoms with Gasteiger partial charge in [0.2, 0.25) is 0 Å². The van der Waals surface area contributed by atoms with Crippen molar-refractivity contribution in [3.8, 4) is 5.69 Å². The van der Waals surface area contributed by atoms with Gasteiger partial charge in [-0.25, -0.2) is 4.68 Å². The largest absolute Gasteiger partial charge is 0.467 e. The zero-order valence-electron chi connectivity index (χ0n) is 16.9. The molecule has 0 unspecified atom stereocenters. The van der Waals surface area contributed by atoms with E-state index in [4.69, 9.17) is 16.0 Å². The number of furan rings is 1. The number of nitrogens with zero attached hydrogens (tertiary/aromatic N) is 3. The van der Waals surface area contributed by atoms with Crippen LogP contribution in [0.4, 0.5) is 24.7 Å². The lowest BCUT2D eigenvalue weighted by molar-refractivity contribution is -0.174. The van der Waals surface area contributed by atoms with E-state index in [1.165, 1.54) is 12.3 Å². The van der Waals surface area contributed by atoms with Crippen LogP contribution in [0.2, 0.25) is 5.02 Å². The van der Waals surface area contributed by atoms with Crippen LogP contribution in [0, 0.1) is 0 Å². The molecular formula is C22H17ClF3N5O2. The molecule has 2 atom stereocenters. The summed E-state index contributed by atoms with van der Waals surface area (Å²) in [6, 6.07) is 10.5. The van der Waals surface area contributed by atoms with Crippen LogP contribution in [-0.4, -0.2) is 26.4 Å². The highest BCUT2D eigenvalue weighted by atomic mass is 35.5. The minimum absolute atomic E-state index is 0.0797. The maximum absolute atomic E-state index is 13.8. The second-order valence-corrected chi connectivity index (χ2v) is 7.98. The molecule has 0 saturated carbocycles. The highest BCUT2D eigenvalue weighted by Gasteiger charge is 2.47. The van der Waals surface area contributed by atoms with Crippen LogP contribution in [0.3, 0.4) is 0 Å². The van der Waals surface area contributed by atoms with Crippen molar-refractivity contribution >= 4 is 29.0 Å². The Hall–Kier alpha value is -3.66. The predicted molar refractivity (Wildman–Crippen MR) is 116 cm³/mol. The Bertz CT molecular complexity index is 1280. The summed E-state index contributed by atoms with van der Waals surface area (Å²) in [7, 11) is 0. The number of carbonyl (C=O) groups excluding carboxylic acids is 1. The predicted octanol–water partition coefficient (Wildman–Crippen LogP) is 5.83. The second-order valence-electron chi connectivity index (χ2n) is 7.58. The van der Waals surface area contributed by atoms with Crippen molar-refractivity contribution in [1.29, 1.82) is 0 Å². The summed E-state index contributed by atoms with van der Waals surface area (Å²) < 4.78 is 49.2. The highest BCUT2D eigenvalue weighted by molar-refractivity contribution is 6.32. The molecule has 1 amide bonds. The molecule has 1 aromatic carbocycles. The maximum atomic E-state index is 13.8. The second kappa shape index (κ2) is 8.04. The number of hydrogen-bond donors (Lipinski definition) is 2. The molecule has 33 heavy (non-hydrogen) atoms. The van der Waals surface area contributed by atoms with Crippen LogP contribution in [0.15, 0.2) is 71.6 Å². The zero-order chi connectivity index (χ0) is 23.2. The number of nitrogens with one attached hydrogen (secondary N) is 2. The van der Waals surface area contributed by atoms with Crippen molar-refractivity contribution in [3.05, 3.63) is 83.7 Å². The van der Waals surface area contributed by atoms with Crippen molar-refractivity contribution in [1.82, 2.24) is 14.3 Å². The molecule has 5 rings (SSSR count). The zero-order valence-corrected chi connectivity index (χ0v) is 17.6. The molecule has 1 aliphatic rings. The van der Waals surface area contributed by atoms with E-state index in [-0.39, 0.29) is 17.9 Å². The fourth-order valence-corrected chi connectivity index (χ4v) is 4.12. The molecule has 0 spiro atoms. The lowest BCUT2D eigenvalue weighted by Gasteiger charge is -2.32. The van der Waals surface area contributed by atoms with Crippen molar-refractivity contribution in [2.75, 3.05) is 10.6 Å². The molecule has 4 aromatic rings. The fraction of sp³-hybridized carbons (Fsp3) is 0.182. The first-order chi connectivity index (χ1) is 15.8. The van der Waals surface area contributed by atoms with E-state index < -0.39 is 24.2 Å². The number of aromatic nitrogens is 3. The Morgan fingerprint density at radius 3 is 2.64 bits per heavy atom. The number of alkyl halides is 3. The molecular weight excluding hydrogens is 459 g/mol. The number of hydrogen-bond acceptors (Lipinski definition) is 4. The van der Waals surface area contributed by atoms with Crippen LogP contribution in [0.1, 0.15) is 34.8 Å². The van der Waals surface area contributed by atoms with Crippen molar-refractivity contribution in [2.24, 2.45) is 0 Å². The Balaban J connectivity index is 1.40. The third-order valence-corrected chi connectivity index (χ3v) is 5.70. The number of halogens is 4. The molecule has 0 bridgehead atoms. The van der Waals surface area contributed by atoms with E-state index in [2.05, 4.69) is 15.7 Å². The fourth-order valence-electron chi connectivity index (χ4n) is 3.84. The van der Waals surface area contributed by atoms with Crippen LogP contribution < -0.4 is 10.6 Å². The lowest BCUT2D eigenvalue weighted by atomic mass is 10.0. The molecule has 170 valence electrons. The minimum Gasteiger partial charge on any atom is -0.467 e. The van der Waals surface area contributed by atoms with Crippen molar-refractivity contribution < 1.29 is 22.4 Å². The van der Waals surface area contributed by atoms with Gasteiger partial charge in [0, 0.05) is 30.6 Å². The summed E-state index contributed by atoms with van der Waals surface area (Å²) in [5.74, 6) is -0.199. The van der Waals surface area contributed by atoms with Gasteiger partial charge in [-0.15, -0.1) is 0 Å². The van der Waals surface area contributed by atoms with Gasteiger partial charge in [0.1, 0.15) is 11.6 Å². The van der Waals surface area contributed by atoms with Crippen LogP contribution in [0.25, 0.3) is 5.69 Å². The molecule has 3 aromatic heterocycles. The van der Waals surface area contributed by atoms with E-state index in [1.54, 1.807) is 30.3 Å². The number of benzene rings is 1. The van der Waals surface area contributed by atoms with E-state index in [0.717, 1.165) is 10.4 Å². The van der Waals surface area contributed by atoms with Crippen LogP contribution >= 0.6 is 11.6 Å². The molecule has 11 heteroatoms. The summed E-state index contributed by atoms with van der Waals surface area (Å²) in [6.07, 6.45) is 0.188. The summed E-state index contributed by atoms with van der Waals surface area (Å²) in [5, 5.41) is 9.95. The summed E-state index contributed by atoms with van der Waals surface area (Å²) >= 11 is 6.33. The molecule has 0 fully saturated rings. The monoisotopic (exact) mass is 475 g/mol.